The molecule has 0 saturated heterocycles. The van der Waals surface area contributed by atoms with Crippen LogP contribution in [0.2, 0.25) is 0 Å². The molecule has 1 N–H and O–H groups in total. The number of hydrogen-bond donors (Lipinski definition) is 1. The van der Waals surface area contributed by atoms with Crippen LogP contribution in [0.5, 0.6) is 0 Å². The van der Waals surface area contributed by atoms with Gasteiger partial charge < -0.3 is 13.8 Å². The molecule has 0 aliphatic rings. The number of nitrogens with zero attached hydrogens (tertiary/aromatic N) is 1. The molecule has 0 radical (unpaired) electrons. The van der Waals surface area contributed by atoms with E-state index in [1.165, 1.54) is 0 Å². The normalized spacial score (nSPS) is 11.8. The average Bonchev–Trinajstić information content (AvgIpc) is 1.77. The van der Waals surface area contributed by atoms with Gasteiger partial charge in [0.25, 0.3) is 0 Å². The van der Waals surface area contributed by atoms with Gasteiger partial charge in [0, 0.05) is 7.11 Å². The zero-order valence-corrected chi connectivity index (χ0v) is 9.17. The smallest absolute Gasteiger partial charge is 0.215 e. The minimum Gasteiger partial charge on any atom is -0.726 e. The summed E-state index contributed by atoms with van der Waals surface area (Å²) in [6.07, 6.45) is 0. The molecule has 0 aliphatic heterocycles. The van der Waals surface area contributed by atoms with E-state index in [1.807, 2.05) is 0 Å². The summed E-state index contributed by atoms with van der Waals surface area (Å²) < 4.78 is 38.7. The number of methoxy groups -OCH3 is 1. The fourth-order valence-corrected chi connectivity index (χ4v) is 0.365. The summed E-state index contributed by atoms with van der Waals surface area (Å²) >= 11 is 0. The molecule has 7 heteroatoms. The highest BCUT2D eigenvalue weighted by Crippen LogP contribution is 1.87. The van der Waals surface area contributed by atoms with E-state index in [-0.39, 0.29) is 0 Å². The molecule has 0 saturated carbocycles. The van der Waals surface area contributed by atoms with Crippen molar-refractivity contribution >= 4 is 10.4 Å². The van der Waals surface area contributed by atoms with Crippen molar-refractivity contribution in [3.05, 3.63) is 0 Å². The summed E-state index contributed by atoms with van der Waals surface area (Å²) in [6, 6.07) is 0. The summed E-state index contributed by atoms with van der Waals surface area (Å²) in [5.74, 6) is 0. The van der Waals surface area contributed by atoms with Crippen LogP contribution in [-0.4, -0.2) is 63.4 Å². The third-order valence-corrected chi connectivity index (χ3v) is 0.966. The van der Waals surface area contributed by atoms with E-state index in [1.54, 1.807) is 7.11 Å². The first-order valence-electron chi connectivity index (χ1n) is 3.54. The van der Waals surface area contributed by atoms with Gasteiger partial charge in [-0.25, -0.2) is 8.42 Å². The van der Waals surface area contributed by atoms with E-state index in [4.69, 9.17) is 22.3 Å². The van der Waals surface area contributed by atoms with E-state index < -0.39 is 10.4 Å². The second-order valence-corrected chi connectivity index (χ2v) is 4.29. The van der Waals surface area contributed by atoms with Gasteiger partial charge in [-0.2, -0.15) is 0 Å². The molecule has 0 aromatic rings. The average molecular weight is 215 g/mol. The van der Waals surface area contributed by atoms with Gasteiger partial charge >= 0.3 is 0 Å². The first kappa shape index (κ1) is 15.3. The van der Waals surface area contributed by atoms with Crippen molar-refractivity contribution in [1.29, 1.82) is 0 Å². The van der Waals surface area contributed by atoms with Crippen molar-refractivity contribution in [2.24, 2.45) is 0 Å². The number of likely N-dealkylation sites (N-methyl/N-ethyl adjacent to an activating group) is 1. The molecule has 0 aromatic heterocycles. The van der Waals surface area contributed by atoms with E-state index in [9.17, 15) is 0 Å². The molecule has 0 amide bonds. The monoisotopic (exact) mass is 215 g/mol. The van der Waals surface area contributed by atoms with Gasteiger partial charge in [-0.1, -0.05) is 0 Å². The van der Waals surface area contributed by atoms with Gasteiger partial charge in [-0.3, -0.25) is 4.55 Å². The zero-order chi connectivity index (χ0) is 11.1. The number of hydrogen-bond acceptors (Lipinski definition) is 4. The highest BCUT2D eigenvalue weighted by Gasteiger charge is 2.03. The molecule has 0 aliphatic carbocycles. The molecule has 0 spiro atoms. The van der Waals surface area contributed by atoms with Gasteiger partial charge in [-0.05, 0) is 0 Å². The van der Waals surface area contributed by atoms with Gasteiger partial charge in [0.1, 0.15) is 6.54 Å². The standard InChI is InChI=1S/C6H16NO.H2O4S/c1-7(2,3)5-6-8-4;1-5(2,3)4/h5-6H2,1-4H3;(H2,1,2,3,4)/q+1;/p-1. The van der Waals surface area contributed by atoms with Crippen molar-refractivity contribution in [3.8, 4) is 0 Å². The molecule has 0 bridgehead atoms. The Hall–Kier alpha value is -0.210. The van der Waals surface area contributed by atoms with Gasteiger partial charge in [-0.15, -0.1) is 0 Å². The molecule has 0 atom stereocenters. The van der Waals surface area contributed by atoms with E-state index in [0.717, 1.165) is 17.6 Å². The lowest BCUT2D eigenvalue weighted by molar-refractivity contribution is -0.870. The Morgan fingerprint density at radius 3 is 1.77 bits per heavy atom. The van der Waals surface area contributed by atoms with E-state index >= 15 is 0 Å². The van der Waals surface area contributed by atoms with Gasteiger partial charge in [0.2, 0.25) is 10.4 Å². The van der Waals surface area contributed by atoms with E-state index in [2.05, 4.69) is 21.1 Å². The SMILES string of the molecule is COCC[N+](C)(C)C.O=S(=O)([O-])O. The summed E-state index contributed by atoms with van der Waals surface area (Å²) in [7, 11) is 3.27. The maximum absolute atomic E-state index is 8.63. The second kappa shape index (κ2) is 6.28. The molecular weight excluding hydrogens is 198 g/mol. The quantitative estimate of drug-likeness (QED) is 0.384. The van der Waals surface area contributed by atoms with Crippen molar-refractivity contribution in [2.45, 2.75) is 0 Å². The molecule has 13 heavy (non-hydrogen) atoms. The van der Waals surface area contributed by atoms with Crippen molar-refractivity contribution < 1.29 is 26.7 Å². The number of quaternary nitrogens is 1. The first-order chi connectivity index (χ1) is 5.56. The molecule has 0 unspecified atom stereocenters. The van der Waals surface area contributed by atoms with Crippen LogP contribution >= 0.6 is 0 Å². The van der Waals surface area contributed by atoms with Crippen molar-refractivity contribution in [3.63, 3.8) is 0 Å². The molecule has 82 valence electrons. The highest BCUT2D eigenvalue weighted by molar-refractivity contribution is 7.79. The molecule has 0 rings (SSSR count). The number of rotatable bonds is 3. The Morgan fingerprint density at radius 1 is 1.38 bits per heavy atom. The Bertz CT molecular complexity index is 198. The zero-order valence-electron chi connectivity index (χ0n) is 8.35. The summed E-state index contributed by atoms with van der Waals surface area (Å²) in [5, 5.41) is 0. The van der Waals surface area contributed by atoms with Crippen molar-refractivity contribution in [2.75, 3.05) is 41.4 Å². The van der Waals surface area contributed by atoms with Crippen molar-refractivity contribution in [1.82, 2.24) is 0 Å². The Labute approximate surface area is 79.3 Å². The van der Waals surface area contributed by atoms with Crippen LogP contribution in [0.4, 0.5) is 0 Å². The summed E-state index contributed by atoms with van der Waals surface area (Å²) in [5.41, 5.74) is 0. The molecule has 0 aromatic carbocycles. The largest absolute Gasteiger partial charge is 0.726 e. The number of ether oxygens (including phenoxy) is 1. The molecule has 6 nitrogen and oxygen atoms in total. The molecule has 0 fully saturated rings. The second-order valence-electron chi connectivity index (χ2n) is 3.43. The molecule has 0 heterocycles. The Kier molecular flexibility index (Phi) is 7.37. The first-order valence-corrected chi connectivity index (χ1v) is 4.90. The summed E-state index contributed by atoms with van der Waals surface area (Å²) in [6.45, 7) is 1.93. The van der Waals surface area contributed by atoms with E-state index in [0.29, 0.717) is 0 Å². The van der Waals surface area contributed by atoms with Crippen LogP contribution in [0.3, 0.4) is 0 Å². The maximum Gasteiger partial charge on any atom is 0.215 e. The van der Waals surface area contributed by atoms with Crippen LogP contribution in [0, 0.1) is 0 Å². The highest BCUT2D eigenvalue weighted by atomic mass is 32.3. The van der Waals surface area contributed by atoms with Crippen LogP contribution in [0.25, 0.3) is 0 Å². The predicted octanol–water partition coefficient (Wildman–Crippen LogP) is -0.656. The third-order valence-electron chi connectivity index (χ3n) is 0.966. The van der Waals surface area contributed by atoms with Gasteiger partial charge in [0.15, 0.2) is 0 Å². The van der Waals surface area contributed by atoms with Crippen LogP contribution < -0.4 is 0 Å². The topological polar surface area (TPSA) is 86.7 Å². The lowest BCUT2D eigenvalue weighted by atomic mass is 10.5. The Balaban J connectivity index is 0. The third kappa shape index (κ3) is 49.3. The minimum absolute atomic E-state index is 0.851. The predicted molar refractivity (Wildman–Crippen MR) is 47.1 cm³/mol. The fraction of sp³-hybridized carbons (Fsp3) is 1.00. The fourth-order valence-electron chi connectivity index (χ4n) is 0.365. The molecular formula is C6H17NO5S. The Morgan fingerprint density at radius 2 is 1.69 bits per heavy atom. The maximum atomic E-state index is 8.63. The lowest BCUT2D eigenvalue weighted by Crippen LogP contribution is -2.37. The van der Waals surface area contributed by atoms with Crippen LogP contribution in [-0.2, 0) is 15.1 Å². The van der Waals surface area contributed by atoms with Gasteiger partial charge in [0.05, 0.1) is 27.7 Å². The summed E-state index contributed by atoms with van der Waals surface area (Å²) in [4.78, 5) is 0. The van der Waals surface area contributed by atoms with Crippen LogP contribution in [0.1, 0.15) is 0 Å². The van der Waals surface area contributed by atoms with Crippen LogP contribution in [0.15, 0.2) is 0 Å². The lowest BCUT2D eigenvalue weighted by Gasteiger charge is -2.22. The minimum atomic E-state index is -4.92.